The van der Waals surface area contributed by atoms with E-state index in [2.05, 4.69) is 5.32 Å². The van der Waals surface area contributed by atoms with Crippen molar-refractivity contribution in [3.8, 4) is 0 Å². The van der Waals surface area contributed by atoms with Gasteiger partial charge in [-0.2, -0.15) is 0 Å². The van der Waals surface area contributed by atoms with Gasteiger partial charge in [0.05, 0.1) is 0 Å². The Balaban J connectivity index is 2.37. The highest BCUT2D eigenvalue weighted by molar-refractivity contribution is 5.25. The topological polar surface area (TPSA) is 15.3 Å². The minimum Gasteiger partial charge on any atom is -0.314 e. The summed E-state index contributed by atoms with van der Waals surface area (Å²) in [6.45, 7) is 4.08. The van der Waals surface area contributed by atoms with Crippen LogP contribution in [0.15, 0.2) is 6.07 Å². The van der Waals surface area contributed by atoms with Crippen LogP contribution in [-0.2, 0) is 0 Å². The summed E-state index contributed by atoms with van der Waals surface area (Å²) >= 11 is 0. The van der Waals surface area contributed by atoms with Gasteiger partial charge < -0.3 is 5.32 Å². The van der Waals surface area contributed by atoms with Crippen molar-refractivity contribution in [1.29, 1.82) is 0 Å². The summed E-state index contributed by atoms with van der Waals surface area (Å²) in [4.78, 5) is 1.79. The Kier molecular flexibility index (Phi) is 3.87. The molecule has 1 aromatic rings. The van der Waals surface area contributed by atoms with Crippen molar-refractivity contribution in [2.24, 2.45) is 0 Å². The van der Waals surface area contributed by atoms with Crippen LogP contribution in [0.4, 0.5) is 17.6 Å². The Morgan fingerprint density at radius 1 is 1.06 bits per heavy atom. The second kappa shape index (κ2) is 5.24. The quantitative estimate of drug-likeness (QED) is 0.649. The van der Waals surface area contributed by atoms with Crippen molar-refractivity contribution in [3.05, 3.63) is 34.9 Å². The van der Waals surface area contributed by atoms with Crippen molar-refractivity contribution < 1.29 is 17.6 Å². The third kappa shape index (κ3) is 2.35. The standard InChI is InChI=1S/C12H14F4N2/c1-7(18-4-2-17-3-5-18)10-11(15)8(13)6-9(14)12(10)16/h6-7,17H,2-5H2,1H3/t7-/m0/s1. The van der Waals surface area contributed by atoms with E-state index >= 15 is 0 Å². The lowest BCUT2D eigenvalue weighted by Gasteiger charge is -2.33. The monoisotopic (exact) mass is 262 g/mol. The predicted octanol–water partition coefficient (Wildman–Crippen LogP) is 2.21. The number of rotatable bonds is 2. The van der Waals surface area contributed by atoms with Crippen molar-refractivity contribution in [2.75, 3.05) is 26.2 Å². The molecule has 0 aromatic heterocycles. The van der Waals surface area contributed by atoms with E-state index in [4.69, 9.17) is 0 Å². The molecule has 0 aliphatic carbocycles. The molecule has 1 fully saturated rings. The summed E-state index contributed by atoms with van der Waals surface area (Å²) in [7, 11) is 0. The average molecular weight is 262 g/mol. The SMILES string of the molecule is C[C@@H](c1c(F)c(F)cc(F)c1F)N1CCNCC1. The molecule has 0 amide bonds. The van der Waals surface area contributed by atoms with Gasteiger partial charge in [-0.25, -0.2) is 17.6 Å². The number of hydrogen-bond acceptors (Lipinski definition) is 2. The van der Waals surface area contributed by atoms with E-state index in [-0.39, 0.29) is 6.07 Å². The molecular formula is C12H14F4N2. The van der Waals surface area contributed by atoms with Gasteiger partial charge in [0, 0.05) is 43.9 Å². The van der Waals surface area contributed by atoms with Crippen molar-refractivity contribution in [2.45, 2.75) is 13.0 Å². The molecule has 2 rings (SSSR count). The fraction of sp³-hybridized carbons (Fsp3) is 0.500. The minimum atomic E-state index is -1.36. The van der Waals surface area contributed by atoms with E-state index in [1.54, 1.807) is 11.8 Å². The highest BCUT2D eigenvalue weighted by Crippen LogP contribution is 2.28. The maximum Gasteiger partial charge on any atom is 0.166 e. The van der Waals surface area contributed by atoms with E-state index < -0.39 is 34.9 Å². The predicted molar refractivity (Wildman–Crippen MR) is 59.1 cm³/mol. The Bertz CT molecular complexity index is 418. The number of hydrogen-bond donors (Lipinski definition) is 1. The van der Waals surface area contributed by atoms with Crippen LogP contribution in [-0.4, -0.2) is 31.1 Å². The molecule has 0 radical (unpaired) electrons. The summed E-state index contributed by atoms with van der Waals surface area (Å²) in [5.74, 6) is -5.32. The zero-order valence-electron chi connectivity index (χ0n) is 9.94. The molecule has 18 heavy (non-hydrogen) atoms. The van der Waals surface area contributed by atoms with Crippen LogP contribution in [0.1, 0.15) is 18.5 Å². The second-order valence-electron chi connectivity index (χ2n) is 4.34. The third-order valence-electron chi connectivity index (χ3n) is 3.26. The number of piperazine rings is 1. The van der Waals surface area contributed by atoms with Gasteiger partial charge in [-0.1, -0.05) is 0 Å². The first-order valence-corrected chi connectivity index (χ1v) is 5.80. The molecule has 1 aliphatic heterocycles. The molecule has 1 N–H and O–H groups in total. The number of benzene rings is 1. The van der Waals surface area contributed by atoms with Crippen LogP contribution >= 0.6 is 0 Å². The van der Waals surface area contributed by atoms with Crippen molar-refractivity contribution >= 4 is 0 Å². The van der Waals surface area contributed by atoms with E-state index in [1.807, 2.05) is 0 Å². The molecule has 1 heterocycles. The molecule has 6 heteroatoms. The summed E-state index contributed by atoms with van der Waals surface area (Å²) < 4.78 is 53.5. The molecule has 0 spiro atoms. The Morgan fingerprint density at radius 2 is 1.56 bits per heavy atom. The van der Waals surface area contributed by atoms with Gasteiger partial charge >= 0.3 is 0 Å². The Labute approximate surface area is 103 Å². The van der Waals surface area contributed by atoms with Gasteiger partial charge in [0.25, 0.3) is 0 Å². The molecule has 0 bridgehead atoms. The summed E-state index contributed by atoms with van der Waals surface area (Å²) in [5.41, 5.74) is -0.533. The van der Waals surface area contributed by atoms with Crippen LogP contribution in [0.5, 0.6) is 0 Å². The van der Waals surface area contributed by atoms with Crippen LogP contribution in [0.3, 0.4) is 0 Å². The number of nitrogens with zero attached hydrogens (tertiary/aromatic N) is 1. The highest BCUT2D eigenvalue weighted by atomic mass is 19.2. The highest BCUT2D eigenvalue weighted by Gasteiger charge is 2.27. The van der Waals surface area contributed by atoms with Crippen LogP contribution in [0, 0.1) is 23.3 Å². The van der Waals surface area contributed by atoms with Crippen LogP contribution in [0.25, 0.3) is 0 Å². The van der Waals surface area contributed by atoms with Gasteiger partial charge in [-0.3, -0.25) is 4.90 Å². The smallest absolute Gasteiger partial charge is 0.166 e. The Hall–Kier alpha value is -1.14. The first-order chi connectivity index (χ1) is 8.52. The van der Waals surface area contributed by atoms with Crippen molar-refractivity contribution in [3.63, 3.8) is 0 Å². The molecule has 1 atom stereocenters. The van der Waals surface area contributed by atoms with Gasteiger partial charge in [0.2, 0.25) is 0 Å². The maximum atomic E-state index is 13.6. The number of halogens is 4. The lowest BCUT2D eigenvalue weighted by Crippen LogP contribution is -2.44. The normalized spacial score (nSPS) is 18.9. The van der Waals surface area contributed by atoms with Crippen LogP contribution in [0.2, 0.25) is 0 Å². The minimum absolute atomic E-state index is 0.235. The van der Waals surface area contributed by atoms with E-state index in [0.717, 1.165) is 0 Å². The molecule has 1 aliphatic rings. The number of nitrogens with one attached hydrogen (secondary N) is 1. The third-order valence-corrected chi connectivity index (χ3v) is 3.26. The summed E-state index contributed by atoms with van der Waals surface area (Å²) in [6.07, 6.45) is 0. The first-order valence-electron chi connectivity index (χ1n) is 5.80. The van der Waals surface area contributed by atoms with Gasteiger partial charge in [-0.15, -0.1) is 0 Å². The van der Waals surface area contributed by atoms with Gasteiger partial charge in [-0.05, 0) is 6.92 Å². The molecule has 1 aromatic carbocycles. The lowest BCUT2D eigenvalue weighted by atomic mass is 10.0. The van der Waals surface area contributed by atoms with E-state index in [9.17, 15) is 17.6 Å². The van der Waals surface area contributed by atoms with E-state index in [0.29, 0.717) is 26.2 Å². The molecular weight excluding hydrogens is 248 g/mol. The summed E-state index contributed by atoms with van der Waals surface area (Å²) in [5, 5.41) is 3.10. The average Bonchev–Trinajstić information content (AvgIpc) is 2.37. The first kappa shape index (κ1) is 13.3. The summed E-state index contributed by atoms with van der Waals surface area (Å²) in [6, 6.07) is -0.462. The fourth-order valence-electron chi connectivity index (χ4n) is 2.21. The zero-order valence-corrected chi connectivity index (χ0v) is 9.94. The molecule has 100 valence electrons. The van der Waals surface area contributed by atoms with Crippen LogP contribution < -0.4 is 5.32 Å². The van der Waals surface area contributed by atoms with E-state index in [1.165, 1.54) is 0 Å². The van der Waals surface area contributed by atoms with Gasteiger partial charge in [0.15, 0.2) is 23.3 Å². The largest absolute Gasteiger partial charge is 0.314 e. The fourth-order valence-corrected chi connectivity index (χ4v) is 2.21. The molecule has 0 saturated carbocycles. The maximum absolute atomic E-state index is 13.6. The molecule has 1 saturated heterocycles. The van der Waals surface area contributed by atoms with Gasteiger partial charge in [0.1, 0.15) is 0 Å². The van der Waals surface area contributed by atoms with Crippen molar-refractivity contribution in [1.82, 2.24) is 10.2 Å². The molecule has 0 unspecified atom stereocenters. The lowest BCUT2D eigenvalue weighted by molar-refractivity contribution is 0.177. The zero-order chi connectivity index (χ0) is 13.3. The second-order valence-corrected chi connectivity index (χ2v) is 4.34. The Morgan fingerprint density at radius 3 is 2.06 bits per heavy atom. The molecule has 2 nitrogen and oxygen atoms in total.